The van der Waals surface area contributed by atoms with Crippen molar-refractivity contribution in [3.05, 3.63) is 23.4 Å². The van der Waals surface area contributed by atoms with Crippen LogP contribution < -0.4 is 10.6 Å². The molecule has 0 spiro atoms. The summed E-state index contributed by atoms with van der Waals surface area (Å²) in [5, 5.41) is 0. The molecule has 2 rings (SSSR count). The highest BCUT2D eigenvalue weighted by molar-refractivity contribution is 5.45. The molecule has 1 fully saturated rings. The molecule has 1 aliphatic heterocycles. The van der Waals surface area contributed by atoms with E-state index in [-0.39, 0.29) is 5.41 Å². The number of anilines is 1. The average Bonchev–Trinajstić information content (AvgIpc) is 2.45. The first-order valence-electron chi connectivity index (χ1n) is 7.51. The van der Waals surface area contributed by atoms with Crippen molar-refractivity contribution >= 4 is 5.82 Å². The Morgan fingerprint density at radius 2 is 2.15 bits per heavy atom. The summed E-state index contributed by atoms with van der Waals surface area (Å²) in [6.07, 6.45) is 1.07. The number of hydrogen-bond acceptors (Lipinski definition) is 4. The van der Waals surface area contributed by atoms with Gasteiger partial charge in [-0.25, -0.2) is 4.98 Å². The SMILES string of the molecule is CCC1COCCN1c1cc(CN)cc(C(C)(C)C)n1. The second-order valence-corrected chi connectivity index (χ2v) is 6.50. The van der Waals surface area contributed by atoms with E-state index in [0.29, 0.717) is 12.6 Å². The molecule has 1 aliphatic rings. The molecule has 1 saturated heterocycles. The van der Waals surface area contributed by atoms with E-state index in [1.54, 1.807) is 0 Å². The minimum Gasteiger partial charge on any atom is -0.377 e. The van der Waals surface area contributed by atoms with Gasteiger partial charge >= 0.3 is 0 Å². The Labute approximate surface area is 122 Å². The molecule has 20 heavy (non-hydrogen) atoms. The summed E-state index contributed by atoms with van der Waals surface area (Å²) in [4.78, 5) is 7.26. The maximum atomic E-state index is 5.86. The quantitative estimate of drug-likeness (QED) is 0.922. The Hall–Kier alpha value is -1.13. The van der Waals surface area contributed by atoms with E-state index < -0.39 is 0 Å². The third-order valence-electron chi connectivity index (χ3n) is 3.87. The van der Waals surface area contributed by atoms with Crippen LogP contribution in [0.25, 0.3) is 0 Å². The van der Waals surface area contributed by atoms with Gasteiger partial charge < -0.3 is 15.4 Å². The normalized spacial score (nSPS) is 20.2. The lowest BCUT2D eigenvalue weighted by atomic mass is 9.90. The molecule has 1 unspecified atom stereocenters. The fourth-order valence-electron chi connectivity index (χ4n) is 2.51. The molecule has 4 heteroatoms. The summed E-state index contributed by atoms with van der Waals surface area (Å²) in [5.41, 5.74) is 8.15. The standard InChI is InChI=1S/C16H27N3O/c1-5-13-11-20-7-6-19(13)15-9-12(10-17)8-14(18-15)16(2,3)4/h8-9,13H,5-7,10-11,17H2,1-4H3. The van der Waals surface area contributed by atoms with Gasteiger partial charge in [-0.1, -0.05) is 27.7 Å². The Balaban J connectivity index is 2.39. The molecule has 0 saturated carbocycles. The fraction of sp³-hybridized carbons (Fsp3) is 0.688. The minimum absolute atomic E-state index is 0.0356. The molecular formula is C16H27N3O. The van der Waals surface area contributed by atoms with Gasteiger partial charge in [0.2, 0.25) is 0 Å². The number of nitrogens with zero attached hydrogens (tertiary/aromatic N) is 2. The number of rotatable bonds is 3. The molecule has 0 bridgehead atoms. The molecule has 2 N–H and O–H groups in total. The zero-order valence-corrected chi connectivity index (χ0v) is 13.1. The molecule has 112 valence electrons. The first-order valence-corrected chi connectivity index (χ1v) is 7.51. The fourth-order valence-corrected chi connectivity index (χ4v) is 2.51. The predicted octanol–water partition coefficient (Wildman–Crippen LogP) is 2.45. The molecule has 0 radical (unpaired) electrons. The number of pyridine rings is 1. The van der Waals surface area contributed by atoms with Crippen molar-refractivity contribution in [2.45, 2.75) is 52.1 Å². The van der Waals surface area contributed by atoms with Crippen LogP contribution in [0.1, 0.15) is 45.4 Å². The summed E-state index contributed by atoms with van der Waals surface area (Å²) in [5.74, 6) is 1.05. The van der Waals surface area contributed by atoms with Crippen LogP contribution in [0.4, 0.5) is 5.82 Å². The first kappa shape index (κ1) is 15.3. The summed E-state index contributed by atoms with van der Waals surface area (Å²) in [6.45, 7) is 11.8. The van der Waals surface area contributed by atoms with Gasteiger partial charge in [0.05, 0.1) is 19.3 Å². The van der Waals surface area contributed by atoms with Crippen molar-refractivity contribution in [2.75, 3.05) is 24.7 Å². The minimum atomic E-state index is 0.0356. The molecule has 0 aromatic carbocycles. The van der Waals surface area contributed by atoms with Gasteiger partial charge in [-0.05, 0) is 24.1 Å². The molecule has 0 aliphatic carbocycles. The van der Waals surface area contributed by atoms with E-state index in [0.717, 1.165) is 43.3 Å². The molecular weight excluding hydrogens is 250 g/mol. The highest BCUT2D eigenvalue weighted by atomic mass is 16.5. The van der Waals surface area contributed by atoms with Crippen LogP contribution in [0.5, 0.6) is 0 Å². The van der Waals surface area contributed by atoms with Gasteiger partial charge in [-0.3, -0.25) is 0 Å². The van der Waals surface area contributed by atoms with Crippen molar-refractivity contribution < 1.29 is 4.74 Å². The highest BCUT2D eigenvalue weighted by Crippen LogP contribution is 2.27. The Bertz CT molecular complexity index is 454. The number of nitrogens with two attached hydrogens (primary N) is 1. The Morgan fingerprint density at radius 3 is 2.75 bits per heavy atom. The van der Waals surface area contributed by atoms with Crippen molar-refractivity contribution in [2.24, 2.45) is 5.73 Å². The summed E-state index contributed by atoms with van der Waals surface area (Å²) < 4.78 is 5.58. The summed E-state index contributed by atoms with van der Waals surface area (Å²) >= 11 is 0. The van der Waals surface area contributed by atoms with Gasteiger partial charge in [0.25, 0.3) is 0 Å². The molecule has 0 amide bonds. The third kappa shape index (κ3) is 3.30. The zero-order valence-electron chi connectivity index (χ0n) is 13.1. The van der Waals surface area contributed by atoms with Gasteiger partial charge in [0.15, 0.2) is 0 Å². The van der Waals surface area contributed by atoms with Crippen LogP contribution in [0, 0.1) is 0 Å². The summed E-state index contributed by atoms with van der Waals surface area (Å²) in [6, 6.07) is 4.67. The van der Waals surface area contributed by atoms with Crippen LogP contribution in [-0.2, 0) is 16.7 Å². The van der Waals surface area contributed by atoms with Crippen LogP contribution in [0.2, 0.25) is 0 Å². The number of ether oxygens (including phenoxy) is 1. The summed E-state index contributed by atoms with van der Waals surface area (Å²) in [7, 11) is 0. The molecule has 1 atom stereocenters. The van der Waals surface area contributed by atoms with Crippen molar-refractivity contribution in [1.82, 2.24) is 4.98 Å². The average molecular weight is 277 g/mol. The van der Waals surface area contributed by atoms with E-state index in [2.05, 4.69) is 44.7 Å². The highest BCUT2D eigenvalue weighted by Gasteiger charge is 2.25. The second kappa shape index (κ2) is 6.10. The molecule has 1 aromatic rings. The van der Waals surface area contributed by atoms with Crippen LogP contribution in [-0.4, -0.2) is 30.8 Å². The first-order chi connectivity index (χ1) is 9.45. The van der Waals surface area contributed by atoms with Crippen LogP contribution in [0.3, 0.4) is 0 Å². The van der Waals surface area contributed by atoms with Crippen molar-refractivity contribution in [3.63, 3.8) is 0 Å². The van der Waals surface area contributed by atoms with Crippen molar-refractivity contribution in [1.29, 1.82) is 0 Å². The van der Waals surface area contributed by atoms with E-state index in [9.17, 15) is 0 Å². The lowest BCUT2D eigenvalue weighted by molar-refractivity contribution is 0.0925. The molecule has 1 aromatic heterocycles. The van der Waals surface area contributed by atoms with Gasteiger partial charge in [-0.2, -0.15) is 0 Å². The van der Waals surface area contributed by atoms with E-state index in [1.807, 2.05) is 0 Å². The van der Waals surface area contributed by atoms with E-state index in [4.69, 9.17) is 15.5 Å². The van der Waals surface area contributed by atoms with Crippen LogP contribution in [0.15, 0.2) is 12.1 Å². The second-order valence-electron chi connectivity index (χ2n) is 6.50. The maximum Gasteiger partial charge on any atom is 0.129 e. The number of morpholine rings is 1. The Kier molecular flexibility index (Phi) is 4.66. The van der Waals surface area contributed by atoms with Crippen LogP contribution >= 0.6 is 0 Å². The smallest absolute Gasteiger partial charge is 0.129 e. The number of aromatic nitrogens is 1. The monoisotopic (exact) mass is 277 g/mol. The maximum absolute atomic E-state index is 5.86. The third-order valence-corrected chi connectivity index (χ3v) is 3.87. The van der Waals surface area contributed by atoms with Gasteiger partial charge in [-0.15, -0.1) is 0 Å². The molecule has 2 heterocycles. The van der Waals surface area contributed by atoms with E-state index in [1.165, 1.54) is 0 Å². The van der Waals surface area contributed by atoms with E-state index >= 15 is 0 Å². The largest absolute Gasteiger partial charge is 0.377 e. The van der Waals surface area contributed by atoms with Gasteiger partial charge in [0, 0.05) is 24.2 Å². The lowest BCUT2D eigenvalue weighted by Gasteiger charge is -2.37. The lowest BCUT2D eigenvalue weighted by Crippen LogP contribution is -2.45. The Morgan fingerprint density at radius 1 is 1.40 bits per heavy atom. The number of hydrogen-bond donors (Lipinski definition) is 1. The van der Waals surface area contributed by atoms with Crippen molar-refractivity contribution in [3.8, 4) is 0 Å². The zero-order chi connectivity index (χ0) is 14.8. The van der Waals surface area contributed by atoms with Gasteiger partial charge in [0.1, 0.15) is 5.82 Å². The molecule has 4 nitrogen and oxygen atoms in total. The topological polar surface area (TPSA) is 51.4 Å². The predicted molar refractivity (Wildman–Crippen MR) is 83.1 cm³/mol.